The van der Waals surface area contributed by atoms with Gasteiger partial charge in [0.25, 0.3) is 11.8 Å². The summed E-state index contributed by atoms with van der Waals surface area (Å²) in [5.74, 6) is -2.85. The van der Waals surface area contributed by atoms with E-state index in [2.05, 4.69) is 10.9 Å². The van der Waals surface area contributed by atoms with Crippen molar-refractivity contribution in [1.82, 2.24) is 10.9 Å². The molecule has 6 nitrogen and oxygen atoms in total. The van der Waals surface area contributed by atoms with Crippen molar-refractivity contribution in [3.05, 3.63) is 69.5 Å². The summed E-state index contributed by atoms with van der Waals surface area (Å²) in [5.41, 5.74) is 4.43. The molecule has 0 aliphatic carbocycles. The molecule has 0 saturated heterocycles. The molecule has 2 aromatic carbocycles. The average Bonchev–Trinajstić information content (AvgIpc) is 2.58. The van der Waals surface area contributed by atoms with Crippen molar-refractivity contribution in [3.63, 3.8) is 0 Å². The van der Waals surface area contributed by atoms with Crippen LogP contribution in [-0.2, 0) is 9.53 Å². The Kier molecular flexibility index (Phi) is 6.32. The van der Waals surface area contributed by atoms with E-state index >= 15 is 0 Å². The van der Waals surface area contributed by atoms with Crippen LogP contribution in [0.4, 0.5) is 4.39 Å². The minimum atomic E-state index is -0.899. The summed E-state index contributed by atoms with van der Waals surface area (Å²) in [6.45, 7) is -0.659. The van der Waals surface area contributed by atoms with Gasteiger partial charge in [0.2, 0.25) is 0 Å². The molecule has 130 valence electrons. The number of carbonyl (C=O) groups excluding carboxylic acids is 3. The first-order chi connectivity index (χ1) is 11.9. The molecule has 9 heteroatoms. The number of halogens is 3. The van der Waals surface area contributed by atoms with E-state index < -0.39 is 30.2 Å². The van der Waals surface area contributed by atoms with Crippen molar-refractivity contribution in [2.24, 2.45) is 0 Å². The number of benzene rings is 2. The fourth-order valence-electron chi connectivity index (χ4n) is 1.70. The van der Waals surface area contributed by atoms with Crippen molar-refractivity contribution in [1.29, 1.82) is 0 Å². The van der Waals surface area contributed by atoms with E-state index in [0.29, 0.717) is 5.02 Å². The summed E-state index contributed by atoms with van der Waals surface area (Å²) in [6.07, 6.45) is 0. The first kappa shape index (κ1) is 18.7. The Morgan fingerprint density at radius 3 is 2.32 bits per heavy atom. The van der Waals surface area contributed by atoms with E-state index in [-0.39, 0.29) is 16.1 Å². The second-order valence-electron chi connectivity index (χ2n) is 4.71. The Balaban J connectivity index is 1.81. The van der Waals surface area contributed by atoms with Crippen LogP contribution in [0.2, 0.25) is 10.0 Å². The monoisotopic (exact) mass is 384 g/mol. The molecule has 2 N–H and O–H groups in total. The lowest BCUT2D eigenvalue weighted by Gasteiger charge is -2.09. The van der Waals surface area contributed by atoms with Crippen molar-refractivity contribution in [2.45, 2.75) is 0 Å². The van der Waals surface area contributed by atoms with E-state index in [1.54, 1.807) is 0 Å². The van der Waals surface area contributed by atoms with Crippen LogP contribution >= 0.6 is 23.2 Å². The van der Waals surface area contributed by atoms with Crippen LogP contribution in [0, 0.1) is 5.82 Å². The Labute approximate surface area is 151 Å². The number of rotatable bonds is 4. The molecule has 25 heavy (non-hydrogen) atoms. The Morgan fingerprint density at radius 2 is 1.68 bits per heavy atom. The van der Waals surface area contributed by atoms with Crippen molar-refractivity contribution >= 4 is 41.0 Å². The molecule has 2 amide bonds. The first-order valence-electron chi connectivity index (χ1n) is 6.84. The minimum absolute atomic E-state index is 0.0823. The molecule has 0 fully saturated rings. The normalized spacial score (nSPS) is 10.0. The molecule has 0 atom stereocenters. The predicted molar refractivity (Wildman–Crippen MR) is 88.8 cm³/mol. The van der Waals surface area contributed by atoms with Crippen LogP contribution in [0.3, 0.4) is 0 Å². The SMILES string of the molecule is O=C(COC(=O)c1ccc(F)cc1Cl)NNC(=O)c1ccc(Cl)cc1. The molecule has 2 aromatic rings. The lowest BCUT2D eigenvalue weighted by atomic mass is 10.2. The highest BCUT2D eigenvalue weighted by molar-refractivity contribution is 6.33. The highest BCUT2D eigenvalue weighted by atomic mass is 35.5. The van der Waals surface area contributed by atoms with Crippen LogP contribution in [0.1, 0.15) is 20.7 Å². The summed E-state index contributed by atoms with van der Waals surface area (Å²) in [7, 11) is 0. The second-order valence-corrected chi connectivity index (χ2v) is 5.55. The Morgan fingerprint density at radius 1 is 1.00 bits per heavy atom. The van der Waals surface area contributed by atoms with E-state index in [9.17, 15) is 18.8 Å². The van der Waals surface area contributed by atoms with Gasteiger partial charge in [-0.2, -0.15) is 0 Å². The van der Waals surface area contributed by atoms with Crippen LogP contribution in [0.25, 0.3) is 0 Å². The van der Waals surface area contributed by atoms with Crippen molar-refractivity contribution in [3.8, 4) is 0 Å². The number of esters is 1. The number of carbonyl (C=O) groups is 3. The topological polar surface area (TPSA) is 84.5 Å². The third-order valence-electron chi connectivity index (χ3n) is 2.91. The highest BCUT2D eigenvalue weighted by Crippen LogP contribution is 2.18. The van der Waals surface area contributed by atoms with Gasteiger partial charge in [-0.1, -0.05) is 23.2 Å². The lowest BCUT2D eigenvalue weighted by molar-refractivity contribution is -0.125. The number of nitrogens with one attached hydrogen (secondary N) is 2. The van der Waals surface area contributed by atoms with Crippen molar-refractivity contribution < 1.29 is 23.5 Å². The summed E-state index contributed by atoms with van der Waals surface area (Å²) < 4.78 is 17.7. The molecule has 0 bridgehead atoms. The van der Waals surface area contributed by atoms with E-state index in [1.807, 2.05) is 0 Å². The number of hydrogen-bond donors (Lipinski definition) is 2. The van der Waals surface area contributed by atoms with E-state index in [1.165, 1.54) is 24.3 Å². The zero-order valence-electron chi connectivity index (χ0n) is 12.5. The molecule has 0 spiro atoms. The minimum Gasteiger partial charge on any atom is -0.452 e. The predicted octanol–water partition coefficient (Wildman–Crippen LogP) is 2.75. The number of ether oxygens (including phenoxy) is 1. The van der Waals surface area contributed by atoms with Gasteiger partial charge in [0.05, 0.1) is 10.6 Å². The summed E-state index contributed by atoms with van der Waals surface area (Å²) in [6, 6.07) is 9.11. The maximum atomic E-state index is 12.9. The van der Waals surface area contributed by atoms with Gasteiger partial charge in [-0.3, -0.25) is 20.4 Å². The fraction of sp³-hybridized carbons (Fsp3) is 0.0625. The van der Waals surface area contributed by atoms with Gasteiger partial charge >= 0.3 is 5.97 Å². The number of hydrazine groups is 1. The molecule has 0 unspecified atom stereocenters. The lowest BCUT2D eigenvalue weighted by Crippen LogP contribution is -2.43. The number of hydrogen-bond acceptors (Lipinski definition) is 4. The van der Waals surface area contributed by atoms with Gasteiger partial charge in [-0.25, -0.2) is 9.18 Å². The van der Waals surface area contributed by atoms with Gasteiger partial charge in [0, 0.05) is 10.6 Å². The largest absolute Gasteiger partial charge is 0.452 e. The van der Waals surface area contributed by atoms with Crippen LogP contribution in [0.15, 0.2) is 42.5 Å². The van der Waals surface area contributed by atoms with Crippen LogP contribution < -0.4 is 10.9 Å². The molecule has 0 aliphatic rings. The number of amides is 2. The average molecular weight is 385 g/mol. The zero-order valence-corrected chi connectivity index (χ0v) is 14.0. The van der Waals surface area contributed by atoms with E-state index in [0.717, 1.165) is 18.2 Å². The fourth-order valence-corrected chi connectivity index (χ4v) is 2.07. The van der Waals surface area contributed by atoms with Gasteiger partial charge in [-0.05, 0) is 42.5 Å². The molecule has 0 saturated carbocycles. The van der Waals surface area contributed by atoms with Crippen LogP contribution in [0.5, 0.6) is 0 Å². The summed E-state index contributed by atoms with van der Waals surface area (Å²) in [5, 5.41) is 0.327. The van der Waals surface area contributed by atoms with Crippen LogP contribution in [-0.4, -0.2) is 24.4 Å². The quantitative estimate of drug-likeness (QED) is 0.626. The smallest absolute Gasteiger partial charge is 0.340 e. The molecule has 0 aromatic heterocycles. The molecule has 0 radical (unpaired) electrons. The first-order valence-corrected chi connectivity index (χ1v) is 7.59. The molecule has 0 heterocycles. The Bertz CT molecular complexity index is 812. The highest BCUT2D eigenvalue weighted by Gasteiger charge is 2.15. The van der Waals surface area contributed by atoms with Gasteiger partial charge in [0.15, 0.2) is 6.61 Å². The summed E-state index contributed by atoms with van der Waals surface area (Å²) >= 11 is 11.4. The standard InChI is InChI=1S/C16H11Cl2FN2O4/c17-10-3-1-9(2-4-10)15(23)21-20-14(22)8-25-16(24)12-6-5-11(19)7-13(12)18/h1-7H,8H2,(H,20,22)(H,21,23). The third-order valence-corrected chi connectivity index (χ3v) is 3.47. The van der Waals surface area contributed by atoms with Crippen molar-refractivity contribution in [2.75, 3.05) is 6.61 Å². The molecule has 2 rings (SSSR count). The summed E-state index contributed by atoms with van der Waals surface area (Å²) in [4.78, 5) is 35.1. The third kappa shape index (κ3) is 5.44. The van der Waals surface area contributed by atoms with Gasteiger partial charge in [0.1, 0.15) is 5.82 Å². The second kappa shape index (κ2) is 8.46. The maximum Gasteiger partial charge on any atom is 0.340 e. The van der Waals surface area contributed by atoms with E-state index in [4.69, 9.17) is 27.9 Å². The van der Waals surface area contributed by atoms with Gasteiger partial charge in [-0.15, -0.1) is 0 Å². The maximum absolute atomic E-state index is 12.9. The zero-order chi connectivity index (χ0) is 18.4. The molecular weight excluding hydrogens is 374 g/mol. The van der Waals surface area contributed by atoms with Gasteiger partial charge < -0.3 is 4.74 Å². The molecular formula is C16H11Cl2FN2O4. The Hall–Kier alpha value is -2.64. The molecule has 0 aliphatic heterocycles.